The van der Waals surface area contributed by atoms with Crippen molar-refractivity contribution < 1.29 is 23.4 Å². The normalized spacial score (nSPS) is 12.3. The Kier molecular flexibility index (Phi) is 6.24. The number of carbonyl (C=O) groups is 1. The highest BCUT2D eigenvalue weighted by Gasteiger charge is 2.28. The van der Waals surface area contributed by atoms with Crippen molar-refractivity contribution in [1.82, 2.24) is 9.29 Å². The Morgan fingerprint density at radius 1 is 1.09 bits per heavy atom. The van der Waals surface area contributed by atoms with Crippen LogP contribution in [0.25, 0.3) is 10.9 Å². The molecule has 3 N–H and O–H groups in total. The number of carboxylic acids is 1. The number of thiophene rings is 1. The Hall–Kier alpha value is -3.58. The third kappa shape index (κ3) is 4.93. The van der Waals surface area contributed by atoms with E-state index in [-0.39, 0.29) is 16.4 Å². The SMILES string of the molecule is Cn1cc(C[C@H](NS(=O)(=O)c2ccc(C#Cc3ccccc3)s2)C(=O)O)c2c(O)cccc21. The van der Waals surface area contributed by atoms with E-state index >= 15 is 0 Å². The van der Waals surface area contributed by atoms with Gasteiger partial charge in [-0.3, -0.25) is 4.79 Å². The Bertz CT molecular complexity index is 1490. The molecule has 33 heavy (non-hydrogen) atoms. The number of hydrogen-bond donors (Lipinski definition) is 3. The monoisotopic (exact) mass is 480 g/mol. The summed E-state index contributed by atoms with van der Waals surface area (Å²) in [5, 5.41) is 20.4. The second-order valence-corrected chi connectivity index (χ2v) is 10.4. The van der Waals surface area contributed by atoms with Crippen molar-refractivity contribution in [2.24, 2.45) is 7.05 Å². The van der Waals surface area contributed by atoms with E-state index in [1.807, 2.05) is 30.3 Å². The smallest absolute Gasteiger partial charge is 0.322 e. The number of sulfonamides is 1. The van der Waals surface area contributed by atoms with Gasteiger partial charge in [0.15, 0.2) is 0 Å². The zero-order valence-corrected chi connectivity index (χ0v) is 19.2. The lowest BCUT2D eigenvalue weighted by Gasteiger charge is -2.14. The van der Waals surface area contributed by atoms with Crippen LogP contribution in [0, 0.1) is 11.8 Å². The number of benzene rings is 2. The number of nitrogens with one attached hydrogen (secondary N) is 1. The second-order valence-electron chi connectivity index (χ2n) is 7.39. The number of fused-ring (bicyclic) bond motifs is 1. The van der Waals surface area contributed by atoms with Crippen molar-refractivity contribution in [3.05, 3.63) is 82.9 Å². The number of aliphatic carboxylic acids is 1. The summed E-state index contributed by atoms with van der Waals surface area (Å²) in [6.45, 7) is 0. The standard InChI is InChI=1S/C24H20N2O5S2/c1-26-15-17(23-20(26)8-5-9-21(23)27)14-19(24(28)29)25-33(30,31)22-13-12-18(32-22)11-10-16-6-3-2-4-7-16/h2-9,12-13,15,19,25,27H,14H2,1H3,(H,28,29)/t19-/m0/s1. The minimum absolute atomic E-state index is 0.00925. The number of carboxylic acid groups (broad SMARTS) is 1. The highest BCUT2D eigenvalue weighted by atomic mass is 32.2. The molecule has 4 rings (SSSR count). The van der Waals surface area contributed by atoms with E-state index in [0.717, 1.165) is 22.4 Å². The molecule has 4 aromatic rings. The highest BCUT2D eigenvalue weighted by molar-refractivity contribution is 7.91. The number of rotatable bonds is 6. The molecule has 7 nitrogen and oxygen atoms in total. The van der Waals surface area contributed by atoms with E-state index in [1.54, 1.807) is 36.0 Å². The number of aromatic nitrogens is 1. The number of aromatic hydroxyl groups is 1. The van der Waals surface area contributed by atoms with Gasteiger partial charge < -0.3 is 14.8 Å². The van der Waals surface area contributed by atoms with Crippen LogP contribution in [0.15, 0.2) is 71.1 Å². The molecule has 0 saturated carbocycles. The lowest BCUT2D eigenvalue weighted by atomic mass is 10.1. The van der Waals surface area contributed by atoms with Gasteiger partial charge in [0, 0.05) is 30.6 Å². The van der Waals surface area contributed by atoms with Crippen molar-refractivity contribution >= 4 is 38.2 Å². The third-order valence-electron chi connectivity index (χ3n) is 5.04. The molecular weight excluding hydrogens is 460 g/mol. The molecule has 168 valence electrons. The van der Waals surface area contributed by atoms with Crippen LogP contribution in [0.3, 0.4) is 0 Å². The first-order valence-corrected chi connectivity index (χ1v) is 12.2. The summed E-state index contributed by atoms with van der Waals surface area (Å²) in [4.78, 5) is 12.4. The summed E-state index contributed by atoms with van der Waals surface area (Å²) < 4.78 is 29.8. The molecule has 0 spiro atoms. The summed E-state index contributed by atoms with van der Waals surface area (Å²) >= 11 is 0.967. The average molecular weight is 481 g/mol. The molecule has 0 aliphatic rings. The first kappa shape index (κ1) is 22.6. The maximum absolute atomic E-state index is 12.9. The van der Waals surface area contributed by atoms with E-state index in [2.05, 4.69) is 16.6 Å². The Morgan fingerprint density at radius 2 is 1.85 bits per heavy atom. The molecule has 0 aliphatic heterocycles. The molecule has 0 saturated heterocycles. The summed E-state index contributed by atoms with van der Waals surface area (Å²) in [5.41, 5.74) is 2.05. The van der Waals surface area contributed by atoms with Crippen molar-refractivity contribution in [2.45, 2.75) is 16.7 Å². The zero-order chi connectivity index (χ0) is 23.6. The first-order chi connectivity index (χ1) is 15.7. The molecule has 0 bridgehead atoms. The zero-order valence-electron chi connectivity index (χ0n) is 17.5. The van der Waals surface area contributed by atoms with Crippen LogP contribution in [0.5, 0.6) is 5.75 Å². The van der Waals surface area contributed by atoms with E-state index in [9.17, 15) is 23.4 Å². The fourth-order valence-corrected chi connectivity index (χ4v) is 5.87. The Morgan fingerprint density at radius 3 is 2.58 bits per heavy atom. The fourth-order valence-electron chi connectivity index (χ4n) is 3.51. The molecule has 1 atom stereocenters. The van der Waals surface area contributed by atoms with Crippen LogP contribution in [-0.4, -0.2) is 35.2 Å². The minimum atomic E-state index is -4.09. The van der Waals surface area contributed by atoms with Crippen LogP contribution in [-0.2, 0) is 28.3 Å². The molecule has 0 radical (unpaired) electrons. The van der Waals surface area contributed by atoms with Gasteiger partial charge in [-0.15, -0.1) is 11.3 Å². The van der Waals surface area contributed by atoms with Gasteiger partial charge in [0.05, 0.1) is 10.4 Å². The summed E-state index contributed by atoms with van der Waals surface area (Å²) in [5.74, 6) is 4.59. The molecule has 9 heteroatoms. The molecule has 0 amide bonds. The van der Waals surface area contributed by atoms with Crippen LogP contribution in [0.1, 0.15) is 16.0 Å². The van der Waals surface area contributed by atoms with Crippen molar-refractivity contribution in [1.29, 1.82) is 0 Å². The largest absolute Gasteiger partial charge is 0.507 e. The lowest BCUT2D eigenvalue weighted by Crippen LogP contribution is -2.42. The van der Waals surface area contributed by atoms with E-state index in [1.165, 1.54) is 12.1 Å². The number of nitrogens with zero attached hydrogens (tertiary/aromatic N) is 1. The van der Waals surface area contributed by atoms with Crippen molar-refractivity contribution in [2.75, 3.05) is 0 Å². The van der Waals surface area contributed by atoms with Crippen LogP contribution >= 0.6 is 11.3 Å². The van der Waals surface area contributed by atoms with E-state index in [4.69, 9.17) is 0 Å². The van der Waals surface area contributed by atoms with Crippen LogP contribution in [0.2, 0.25) is 0 Å². The van der Waals surface area contributed by atoms with Crippen LogP contribution in [0.4, 0.5) is 0 Å². The molecule has 2 aromatic heterocycles. The fraction of sp³-hybridized carbons (Fsp3) is 0.125. The predicted molar refractivity (Wildman–Crippen MR) is 127 cm³/mol. The molecule has 0 fully saturated rings. The quantitative estimate of drug-likeness (QED) is 0.367. The van der Waals surface area contributed by atoms with Gasteiger partial charge in [-0.2, -0.15) is 4.72 Å². The Labute approximate surface area is 195 Å². The van der Waals surface area contributed by atoms with Gasteiger partial charge in [0.1, 0.15) is 16.0 Å². The Balaban J connectivity index is 1.57. The highest BCUT2D eigenvalue weighted by Crippen LogP contribution is 2.30. The van der Waals surface area contributed by atoms with Gasteiger partial charge in [0.25, 0.3) is 10.0 Å². The number of phenolic OH excluding ortho intramolecular Hbond substituents is 1. The van der Waals surface area contributed by atoms with Gasteiger partial charge in [-0.05, 0) is 42.0 Å². The molecule has 0 aliphatic carbocycles. The van der Waals surface area contributed by atoms with Gasteiger partial charge >= 0.3 is 5.97 Å². The maximum Gasteiger partial charge on any atom is 0.322 e. The number of phenols is 1. The average Bonchev–Trinajstić information content (AvgIpc) is 3.39. The summed E-state index contributed by atoms with van der Waals surface area (Å²) in [6, 6.07) is 15.9. The van der Waals surface area contributed by atoms with Gasteiger partial charge in [0.2, 0.25) is 0 Å². The van der Waals surface area contributed by atoms with E-state index < -0.39 is 22.0 Å². The van der Waals surface area contributed by atoms with Crippen molar-refractivity contribution in [3.8, 4) is 17.6 Å². The van der Waals surface area contributed by atoms with Crippen LogP contribution < -0.4 is 4.72 Å². The molecule has 2 heterocycles. The molecule has 2 aromatic carbocycles. The molecule has 0 unspecified atom stereocenters. The third-order valence-corrected chi connectivity index (χ3v) is 8.00. The van der Waals surface area contributed by atoms with Crippen molar-refractivity contribution in [3.63, 3.8) is 0 Å². The van der Waals surface area contributed by atoms with Gasteiger partial charge in [-0.25, -0.2) is 8.42 Å². The summed E-state index contributed by atoms with van der Waals surface area (Å²) in [7, 11) is -2.32. The number of aryl methyl sites for hydroxylation is 1. The lowest BCUT2D eigenvalue weighted by molar-refractivity contribution is -0.138. The predicted octanol–water partition coefficient (Wildman–Crippen LogP) is 3.32. The topological polar surface area (TPSA) is 109 Å². The first-order valence-electron chi connectivity index (χ1n) is 9.92. The maximum atomic E-state index is 12.9. The second kappa shape index (κ2) is 9.11. The van der Waals surface area contributed by atoms with Gasteiger partial charge in [-0.1, -0.05) is 36.1 Å². The number of hydrogen-bond acceptors (Lipinski definition) is 5. The van der Waals surface area contributed by atoms with E-state index in [0.29, 0.717) is 15.8 Å². The summed E-state index contributed by atoms with van der Waals surface area (Å²) in [6.07, 6.45) is 1.56. The molecular formula is C24H20N2O5S2. The minimum Gasteiger partial charge on any atom is -0.507 e.